The predicted octanol–water partition coefficient (Wildman–Crippen LogP) is 3.63. The smallest absolute Gasteiger partial charge is 0.265 e. The molecule has 6 nitrogen and oxygen atoms in total. The van der Waals surface area contributed by atoms with Gasteiger partial charge >= 0.3 is 0 Å². The minimum Gasteiger partial charge on any atom is -0.478 e. The zero-order chi connectivity index (χ0) is 20.9. The van der Waals surface area contributed by atoms with Gasteiger partial charge in [-0.3, -0.25) is 4.79 Å². The lowest BCUT2D eigenvalue weighted by Crippen LogP contribution is -2.37. The Hall–Kier alpha value is -2.45. The summed E-state index contributed by atoms with van der Waals surface area (Å²) in [7, 11) is -3.75. The Labute approximate surface area is 170 Å². The zero-order valence-corrected chi connectivity index (χ0v) is 17.1. The van der Waals surface area contributed by atoms with Crippen LogP contribution in [0.2, 0.25) is 0 Å². The maximum atomic E-state index is 13.6. The van der Waals surface area contributed by atoms with Gasteiger partial charge in [-0.15, -0.1) is 0 Å². The van der Waals surface area contributed by atoms with E-state index >= 15 is 0 Å². The average molecular weight is 421 g/mol. The third-order valence-corrected chi connectivity index (χ3v) is 6.23. The van der Waals surface area contributed by atoms with E-state index in [9.17, 15) is 17.6 Å². The van der Waals surface area contributed by atoms with Crippen molar-refractivity contribution in [3.63, 3.8) is 0 Å². The van der Waals surface area contributed by atoms with Gasteiger partial charge in [0, 0.05) is 6.54 Å². The first-order chi connectivity index (χ1) is 13.9. The molecule has 1 atom stereocenters. The summed E-state index contributed by atoms with van der Waals surface area (Å²) in [4.78, 5) is 12.2. The number of fused-ring (bicyclic) bond motifs is 1. The second-order valence-corrected chi connectivity index (χ2v) is 8.76. The molecular formula is C21H25FN2O4S. The molecule has 2 aromatic rings. The summed E-state index contributed by atoms with van der Waals surface area (Å²) in [5, 5.41) is 2.73. The topological polar surface area (TPSA) is 84.5 Å². The fraction of sp³-hybridized carbons (Fsp3) is 0.381. The lowest BCUT2D eigenvalue weighted by Gasteiger charge is -2.26. The summed E-state index contributed by atoms with van der Waals surface area (Å²) in [6, 6.07) is 10.8. The van der Waals surface area contributed by atoms with E-state index in [1.165, 1.54) is 18.2 Å². The number of rotatable bonds is 9. The highest BCUT2D eigenvalue weighted by molar-refractivity contribution is 7.89. The molecule has 1 heterocycles. The van der Waals surface area contributed by atoms with Gasteiger partial charge in [0.25, 0.3) is 5.91 Å². The number of halogens is 1. The first-order valence-corrected chi connectivity index (χ1v) is 11.2. The van der Waals surface area contributed by atoms with E-state index in [1.54, 1.807) is 24.3 Å². The van der Waals surface area contributed by atoms with Crippen LogP contribution in [-0.4, -0.2) is 27.0 Å². The molecule has 0 saturated carbocycles. The Balaban J connectivity index is 1.61. The fourth-order valence-electron chi connectivity index (χ4n) is 3.15. The molecule has 8 heteroatoms. The lowest BCUT2D eigenvalue weighted by molar-refractivity contribution is -0.123. The minimum absolute atomic E-state index is 0.0399. The van der Waals surface area contributed by atoms with Gasteiger partial charge in [0.05, 0.1) is 10.6 Å². The van der Waals surface area contributed by atoms with E-state index < -0.39 is 16.1 Å². The van der Waals surface area contributed by atoms with E-state index in [0.717, 1.165) is 12.8 Å². The maximum absolute atomic E-state index is 13.6. The quantitative estimate of drug-likeness (QED) is 0.607. The number of carbonyl (C=O) groups excluding carboxylic acids is 1. The molecular weight excluding hydrogens is 395 g/mol. The van der Waals surface area contributed by atoms with Gasteiger partial charge < -0.3 is 10.1 Å². The summed E-state index contributed by atoms with van der Waals surface area (Å²) in [6.45, 7) is 2.21. The molecule has 29 heavy (non-hydrogen) atoms. The molecule has 2 aromatic carbocycles. The molecule has 0 aliphatic carbocycles. The standard InChI is InChI=1S/C21H25FN2O4S/c1-2-3-10-20-21(25)24-18-14-16(11-12-19(18)28-20)29(26,27)23-13-6-8-15-7-4-5-9-17(15)22/h4-5,7,9,11-12,14,20,23H,2-3,6,8,10,13H2,1H3,(H,24,25)/t20-/m1/s1. The summed E-state index contributed by atoms with van der Waals surface area (Å²) in [5.74, 6) is -0.0967. The van der Waals surface area contributed by atoms with Gasteiger partial charge in [0.15, 0.2) is 6.10 Å². The van der Waals surface area contributed by atoms with Crippen molar-refractivity contribution in [3.05, 3.63) is 53.8 Å². The molecule has 0 bridgehead atoms. The number of anilines is 1. The van der Waals surface area contributed by atoms with Crippen molar-refractivity contribution in [2.45, 2.75) is 50.0 Å². The van der Waals surface area contributed by atoms with Crippen molar-refractivity contribution in [2.24, 2.45) is 0 Å². The van der Waals surface area contributed by atoms with E-state index in [-0.39, 0.29) is 23.2 Å². The molecule has 156 valence electrons. The van der Waals surface area contributed by atoms with Crippen molar-refractivity contribution in [2.75, 3.05) is 11.9 Å². The third kappa shape index (κ3) is 5.33. The van der Waals surface area contributed by atoms with E-state index in [0.29, 0.717) is 36.3 Å². The number of carbonyl (C=O) groups is 1. The van der Waals surface area contributed by atoms with Crippen LogP contribution in [-0.2, 0) is 21.2 Å². The van der Waals surface area contributed by atoms with Crippen LogP contribution < -0.4 is 14.8 Å². The molecule has 0 fully saturated rings. The van der Waals surface area contributed by atoms with Crippen molar-refractivity contribution < 1.29 is 22.3 Å². The molecule has 0 spiro atoms. The molecule has 0 unspecified atom stereocenters. The van der Waals surface area contributed by atoms with Crippen LogP contribution in [0.25, 0.3) is 0 Å². The summed E-state index contributed by atoms with van der Waals surface area (Å²) >= 11 is 0. The Kier molecular flexibility index (Phi) is 6.87. The van der Waals surface area contributed by atoms with Crippen LogP contribution in [0.3, 0.4) is 0 Å². The number of unbranched alkanes of at least 4 members (excludes halogenated alkanes) is 1. The molecule has 1 amide bonds. The summed E-state index contributed by atoms with van der Waals surface area (Å²) in [6.07, 6.45) is 2.79. The fourth-order valence-corrected chi connectivity index (χ4v) is 4.25. The number of nitrogens with one attached hydrogen (secondary N) is 2. The number of amides is 1. The Morgan fingerprint density at radius 2 is 1.97 bits per heavy atom. The number of benzene rings is 2. The maximum Gasteiger partial charge on any atom is 0.265 e. The van der Waals surface area contributed by atoms with Crippen LogP contribution in [0.15, 0.2) is 47.4 Å². The van der Waals surface area contributed by atoms with Crippen LogP contribution in [0, 0.1) is 5.82 Å². The van der Waals surface area contributed by atoms with Crippen LogP contribution in [0.5, 0.6) is 5.75 Å². The van der Waals surface area contributed by atoms with Crippen molar-refractivity contribution in [3.8, 4) is 5.75 Å². The Bertz CT molecular complexity index is 978. The average Bonchev–Trinajstić information content (AvgIpc) is 2.70. The number of hydrogen-bond donors (Lipinski definition) is 2. The highest BCUT2D eigenvalue weighted by Crippen LogP contribution is 2.32. The SMILES string of the molecule is CCCC[C@H]1Oc2ccc(S(=O)(=O)NCCCc3ccccc3F)cc2NC1=O. The van der Waals surface area contributed by atoms with E-state index in [4.69, 9.17) is 4.74 Å². The summed E-state index contributed by atoms with van der Waals surface area (Å²) in [5.41, 5.74) is 0.898. The highest BCUT2D eigenvalue weighted by atomic mass is 32.2. The lowest BCUT2D eigenvalue weighted by atomic mass is 10.1. The first-order valence-electron chi connectivity index (χ1n) is 9.75. The Morgan fingerprint density at radius 3 is 2.72 bits per heavy atom. The van der Waals surface area contributed by atoms with E-state index in [1.807, 2.05) is 6.92 Å². The van der Waals surface area contributed by atoms with Crippen LogP contribution in [0.1, 0.15) is 38.2 Å². The molecule has 0 saturated heterocycles. The van der Waals surface area contributed by atoms with Crippen molar-refractivity contribution >= 4 is 21.6 Å². The van der Waals surface area contributed by atoms with Gasteiger partial charge in [0.1, 0.15) is 11.6 Å². The minimum atomic E-state index is -3.75. The number of sulfonamides is 1. The molecule has 1 aliphatic rings. The number of ether oxygens (including phenoxy) is 1. The molecule has 3 rings (SSSR count). The predicted molar refractivity (Wildman–Crippen MR) is 109 cm³/mol. The van der Waals surface area contributed by atoms with Gasteiger partial charge in [-0.1, -0.05) is 31.5 Å². The highest BCUT2D eigenvalue weighted by Gasteiger charge is 2.28. The number of aryl methyl sites for hydroxylation is 1. The monoisotopic (exact) mass is 420 g/mol. The molecule has 0 aromatic heterocycles. The largest absolute Gasteiger partial charge is 0.478 e. The van der Waals surface area contributed by atoms with Crippen molar-refractivity contribution in [1.82, 2.24) is 4.72 Å². The second-order valence-electron chi connectivity index (χ2n) is 6.99. The van der Waals surface area contributed by atoms with Gasteiger partial charge in [-0.05, 0) is 55.5 Å². The second kappa shape index (κ2) is 9.37. The normalized spacial score (nSPS) is 16.1. The van der Waals surface area contributed by atoms with Crippen LogP contribution >= 0.6 is 0 Å². The molecule has 0 radical (unpaired) electrons. The third-order valence-electron chi connectivity index (χ3n) is 4.77. The summed E-state index contributed by atoms with van der Waals surface area (Å²) < 4.78 is 46.9. The van der Waals surface area contributed by atoms with Gasteiger partial charge in [-0.25, -0.2) is 17.5 Å². The van der Waals surface area contributed by atoms with Crippen molar-refractivity contribution in [1.29, 1.82) is 0 Å². The molecule has 2 N–H and O–H groups in total. The van der Waals surface area contributed by atoms with E-state index in [2.05, 4.69) is 10.0 Å². The van der Waals surface area contributed by atoms with Crippen LogP contribution in [0.4, 0.5) is 10.1 Å². The van der Waals surface area contributed by atoms with Gasteiger partial charge in [-0.2, -0.15) is 0 Å². The first kappa shape index (κ1) is 21.3. The Morgan fingerprint density at radius 1 is 1.17 bits per heavy atom. The van der Waals surface area contributed by atoms with Gasteiger partial charge in [0.2, 0.25) is 10.0 Å². The number of hydrogen-bond acceptors (Lipinski definition) is 4. The zero-order valence-electron chi connectivity index (χ0n) is 16.3. The molecule has 1 aliphatic heterocycles.